The fourth-order valence-electron chi connectivity index (χ4n) is 16.2. The van der Waals surface area contributed by atoms with E-state index in [1.165, 1.54) is 122 Å². The van der Waals surface area contributed by atoms with E-state index < -0.39 is 0 Å². The van der Waals surface area contributed by atoms with E-state index in [0.29, 0.717) is 218 Å². The molecule has 11 heterocycles. The third-order valence-electron chi connectivity index (χ3n) is 24.0. The summed E-state index contributed by atoms with van der Waals surface area (Å²) >= 11 is 6.08. The molecular formula is C102H92ClF8N25O7. The number of pyridine rings is 1. The van der Waals surface area contributed by atoms with E-state index in [9.17, 15) is 54.3 Å². The lowest BCUT2D eigenvalue weighted by molar-refractivity contribution is -0.133. The Kier molecular flexibility index (Phi) is 31.0. The van der Waals surface area contributed by atoms with Crippen molar-refractivity contribution in [2.45, 2.75) is 26.2 Å². The number of carbonyl (C=O) groups is 4. The lowest BCUT2D eigenvalue weighted by Gasteiger charge is -2.36. The predicted molar refractivity (Wildman–Crippen MR) is 518 cm³/mol. The van der Waals surface area contributed by atoms with Crippen molar-refractivity contribution in [3.63, 3.8) is 0 Å². The van der Waals surface area contributed by atoms with Crippen molar-refractivity contribution in [1.82, 2.24) is 104 Å². The molecule has 4 fully saturated rings. The molecule has 0 radical (unpaired) electrons. The van der Waals surface area contributed by atoms with Crippen LogP contribution in [0.15, 0.2) is 261 Å². The quantitative estimate of drug-likeness (QED) is 0.0537. The molecule has 730 valence electrons. The molecule has 0 aliphatic carbocycles. The van der Waals surface area contributed by atoms with Gasteiger partial charge in [-0.3, -0.25) is 19.2 Å². The van der Waals surface area contributed by atoms with Crippen LogP contribution in [-0.2, 0) is 45.4 Å². The summed E-state index contributed by atoms with van der Waals surface area (Å²) in [6.45, 7) is 9.14. The van der Waals surface area contributed by atoms with Crippen LogP contribution in [-0.4, -0.2) is 253 Å². The molecule has 4 amide bonds. The highest BCUT2D eigenvalue weighted by molar-refractivity contribution is 6.30. The number of piperazine rings is 4. The van der Waals surface area contributed by atoms with Crippen molar-refractivity contribution in [3.8, 4) is 108 Å². The number of methoxy groups -OCH3 is 3. The van der Waals surface area contributed by atoms with Crippen LogP contribution < -0.4 is 33.8 Å². The van der Waals surface area contributed by atoms with Crippen molar-refractivity contribution in [2.24, 2.45) is 0 Å². The summed E-state index contributed by atoms with van der Waals surface area (Å²) in [4.78, 5) is 99.3. The molecule has 4 saturated heterocycles. The van der Waals surface area contributed by atoms with Gasteiger partial charge in [0.2, 0.25) is 29.5 Å². The van der Waals surface area contributed by atoms with E-state index in [2.05, 4.69) is 80.2 Å². The Labute approximate surface area is 819 Å². The first-order chi connectivity index (χ1) is 69.4. The first kappa shape index (κ1) is 97.7. The zero-order valence-corrected chi connectivity index (χ0v) is 78.2. The van der Waals surface area contributed by atoms with Crippen LogP contribution in [0.4, 0.5) is 58.3 Å². The van der Waals surface area contributed by atoms with Gasteiger partial charge in [0.25, 0.3) is 0 Å². The van der Waals surface area contributed by atoms with Crippen LogP contribution in [0, 0.1) is 46.5 Å². The predicted octanol–water partition coefficient (Wildman–Crippen LogP) is 14.6. The zero-order valence-electron chi connectivity index (χ0n) is 77.4. The number of anilines is 4. The molecule has 0 saturated carbocycles. The lowest BCUT2D eigenvalue weighted by atomic mass is 10.2. The Morgan fingerprint density at radius 1 is 0.301 bits per heavy atom. The Hall–Kier alpha value is -16.9. The number of nitrogens with zero attached hydrogens (tertiary/aromatic N) is 25. The van der Waals surface area contributed by atoms with Crippen LogP contribution in [0.3, 0.4) is 0 Å². The molecule has 16 aromatic rings. The normalized spacial score (nSPS) is 13.7. The van der Waals surface area contributed by atoms with Gasteiger partial charge in [-0.2, -0.15) is 5.10 Å². The highest BCUT2D eigenvalue weighted by Crippen LogP contribution is 2.33. The lowest BCUT2D eigenvalue weighted by Crippen LogP contribution is -2.50. The molecule has 9 aromatic carbocycles. The number of ether oxygens (including phenoxy) is 3. The highest BCUT2D eigenvalue weighted by atomic mass is 35.5. The van der Waals surface area contributed by atoms with Crippen LogP contribution in [0.1, 0.15) is 0 Å². The van der Waals surface area contributed by atoms with Crippen molar-refractivity contribution in [3.05, 3.63) is 313 Å². The molecule has 4 aliphatic heterocycles. The summed E-state index contributed by atoms with van der Waals surface area (Å²) in [7, 11) is 4.76. The first-order valence-electron chi connectivity index (χ1n) is 45.4. The average Bonchev–Trinajstić information content (AvgIpc) is 1.66. The Morgan fingerprint density at radius 2 is 0.594 bits per heavy atom. The number of halogens is 9. The van der Waals surface area contributed by atoms with Gasteiger partial charge in [-0.1, -0.05) is 17.7 Å². The fraction of sp³-hybridized carbons (Fsp3) is 0.225. The van der Waals surface area contributed by atoms with Gasteiger partial charge in [-0.05, 0) is 218 Å². The number of rotatable bonds is 23. The van der Waals surface area contributed by atoms with Gasteiger partial charge in [-0.25, -0.2) is 88.7 Å². The van der Waals surface area contributed by atoms with Crippen LogP contribution in [0.25, 0.3) is 91.1 Å². The standard InChI is InChI=1S/C27H25F2N5O2.C25H21ClF2N6O.2C25H23F2N7O2/c1-36-24-4-2-3-23(17-24)32-13-15-33(16-14-32)25(35)18-34-27(20-7-11-22(29)12-8-20)30-26(31-34)19-5-9-21(28)10-6-19;26-19-9-10-29-22(15-19)32-11-13-33(14-12-32)23(35)16-34-25(18-3-7-21(28)8-4-18)30-24(31-34)17-1-5-20(27)6-2-17;1-36-22-14-21(28-16-29-22)32-10-12-33(13-11-32)23(35)15-34-25(18-4-8-20(27)9-5-18)30-24(31-34)17-2-6-19(26)7-3-17;1-36-21-14-22(30-28-15-21)32-10-12-33(13-11-32)23(35)16-34-25(18-4-8-20(27)9-5-18)29-24(31-34)17-2-6-19(26)7-3-17/h2-12,17H,13-16,18H2,1H3;1-10,15H,11-14,16H2;2-9,14,16H,10-13,15H2,1H3;2-9,14-15H,10-13,16H2,1H3. The molecular weight excluding hydrogens is 1870 g/mol. The summed E-state index contributed by atoms with van der Waals surface area (Å²) in [5, 5.41) is 26.8. The van der Waals surface area contributed by atoms with E-state index >= 15 is 0 Å². The fourth-order valence-corrected chi connectivity index (χ4v) is 16.4. The van der Waals surface area contributed by atoms with Gasteiger partial charge >= 0.3 is 0 Å². The summed E-state index contributed by atoms with van der Waals surface area (Å²) < 4.78 is 129. The molecule has 41 heteroatoms. The van der Waals surface area contributed by atoms with E-state index in [4.69, 9.17) is 25.8 Å². The molecule has 0 spiro atoms. The summed E-state index contributed by atoms with van der Waals surface area (Å²) in [6, 6.07) is 61.6. The van der Waals surface area contributed by atoms with Gasteiger partial charge in [0.15, 0.2) is 52.4 Å². The summed E-state index contributed by atoms with van der Waals surface area (Å²) in [5.41, 5.74) is 6.00. The van der Waals surface area contributed by atoms with Gasteiger partial charge < -0.3 is 53.4 Å². The number of carbonyl (C=O) groups excluding carboxylic acids is 4. The number of aromatic nitrogens is 17. The molecule has 32 nitrogen and oxygen atoms in total. The molecule has 7 aromatic heterocycles. The molecule has 0 unspecified atom stereocenters. The number of hydrogen-bond acceptors (Lipinski definition) is 24. The van der Waals surface area contributed by atoms with Gasteiger partial charge in [0.1, 0.15) is 102 Å². The van der Waals surface area contributed by atoms with Crippen molar-refractivity contribution in [1.29, 1.82) is 0 Å². The molecule has 20 rings (SSSR count). The molecule has 0 N–H and O–H groups in total. The largest absolute Gasteiger partial charge is 0.497 e. The van der Waals surface area contributed by atoms with Gasteiger partial charge in [0.05, 0.1) is 27.5 Å². The van der Waals surface area contributed by atoms with Crippen molar-refractivity contribution >= 4 is 58.4 Å². The highest BCUT2D eigenvalue weighted by Gasteiger charge is 2.32. The molecule has 4 aliphatic rings. The van der Waals surface area contributed by atoms with Gasteiger partial charge in [-0.15, -0.1) is 25.5 Å². The maximum atomic E-state index is 13.5. The smallest absolute Gasteiger partial charge is 0.244 e. The number of hydrogen-bond donors (Lipinski definition) is 0. The first-order valence-corrected chi connectivity index (χ1v) is 45.8. The van der Waals surface area contributed by atoms with E-state index in [0.717, 1.165) is 23.1 Å². The zero-order chi connectivity index (χ0) is 99.6. The van der Waals surface area contributed by atoms with E-state index in [-0.39, 0.29) is 96.3 Å². The Balaban J connectivity index is 0.000000131. The number of benzene rings is 9. The van der Waals surface area contributed by atoms with Crippen molar-refractivity contribution < 1.29 is 68.5 Å². The third kappa shape index (κ3) is 24.7. The number of amides is 4. The second-order valence-corrected chi connectivity index (χ2v) is 33.5. The third-order valence-corrected chi connectivity index (χ3v) is 24.2. The molecule has 0 bridgehead atoms. The Bertz CT molecular complexity index is 6570. The topological polar surface area (TPSA) is 309 Å². The summed E-state index contributed by atoms with van der Waals surface area (Å²) in [5.74, 6) is 3.87. The summed E-state index contributed by atoms with van der Waals surface area (Å²) in [6.07, 6.45) is 4.65. The maximum Gasteiger partial charge on any atom is 0.244 e. The van der Waals surface area contributed by atoms with Crippen molar-refractivity contribution in [2.75, 3.05) is 146 Å². The van der Waals surface area contributed by atoms with E-state index in [1.807, 2.05) is 40.1 Å². The monoisotopic (exact) mass is 1970 g/mol. The van der Waals surface area contributed by atoms with Crippen LogP contribution >= 0.6 is 11.6 Å². The minimum Gasteiger partial charge on any atom is -0.497 e. The van der Waals surface area contributed by atoms with Crippen LogP contribution in [0.5, 0.6) is 17.4 Å². The second kappa shape index (κ2) is 45.3. The average molecular weight is 1970 g/mol. The Morgan fingerprint density at radius 3 is 0.895 bits per heavy atom. The van der Waals surface area contributed by atoms with Gasteiger partial charge in [0, 0.05) is 184 Å². The maximum absolute atomic E-state index is 13.5. The SMILES string of the molecule is COc1cc(N2CCN(C(=O)Cn3nc(-c4ccc(F)cc4)nc3-c3ccc(F)cc3)CC2)ncn1.COc1cccc(N2CCN(C(=O)Cn3nc(-c4ccc(F)cc4)nc3-c3ccc(F)cc3)CC2)c1.COc1cnnc(N2CCN(C(=O)Cn3nc(-c4ccc(F)cc4)nc3-c3ccc(F)cc3)CC2)c1.O=C(Cn1nc(-c2ccc(F)cc2)nc1-c1ccc(F)cc1)N1CCN(c2cc(Cl)ccn2)CC1. The minimum absolute atomic E-state index is 0.0138. The van der Waals surface area contributed by atoms with Crippen LogP contribution in [0.2, 0.25) is 5.02 Å². The molecule has 0 atom stereocenters. The van der Waals surface area contributed by atoms with E-state index in [1.54, 1.807) is 164 Å². The molecule has 143 heavy (non-hydrogen) atoms. The minimum atomic E-state index is -0.377. The second-order valence-electron chi connectivity index (χ2n) is 33.1.